The van der Waals surface area contributed by atoms with Gasteiger partial charge >= 0.3 is 5.97 Å². The maximum Gasteiger partial charge on any atom is 0.349 e. The zero-order chi connectivity index (χ0) is 26.5. The van der Waals surface area contributed by atoms with Crippen LogP contribution in [0.25, 0.3) is 0 Å². The highest BCUT2D eigenvalue weighted by Crippen LogP contribution is 2.40. The van der Waals surface area contributed by atoms with Crippen LogP contribution in [0, 0.1) is 29.2 Å². The summed E-state index contributed by atoms with van der Waals surface area (Å²) >= 11 is 0. The highest BCUT2D eigenvalue weighted by Gasteiger charge is 2.28. The minimum Gasteiger partial charge on any atom is -0.488 e. The van der Waals surface area contributed by atoms with Gasteiger partial charge in [-0.3, -0.25) is 0 Å². The van der Waals surface area contributed by atoms with E-state index in [1.54, 1.807) is 6.92 Å². The lowest BCUT2D eigenvalue weighted by molar-refractivity contribution is 0.0723. The SMILES string of the molecule is CCOc1c(F)cc(OC(=O)c2c(F)cc(C3CCC(C[C@H](C)c4ccccc4)CC3)cc2F)cc1F. The van der Waals surface area contributed by atoms with Gasteiger partial charge in [0.25, 0.3) is 0 Å². The minimum absolute atomic E-state index is 0.00773. The Kier molecular flexibility index (Phi) is 8.52. The number of hydrogen-bond acceptors (Lipinski definition) is 3. The number of benzene rings is 3. The molecule has 0 heterocycles. The van der Waals surface area contributed by atoms with E-state index < -0.39 is 46.3 Å². The van der Waals surface area contributed by atoms with E-state index in [2.05, 4.69) is 19.1 Å². The molecule has 0 aromatic heterocycles. The Balaban J connectivity index is 1.40. The summed E-state index contributed by atoms with van der Waals surface area (Å²) in [6, 6.07) is 14.1. The van der Waals surface area contributed by atoms with Crippen LogP contribution in [0.3, 0.4) is 0 Å². The summed E-state index contributed by atoms with van der Waals surface area (Å²) in [6.07, 6.45) is 4.60. The second-order valence-corrected chi connectivity index (χ2v) is 9.66. The molecule has 0 aliphatic heterocycles. The van der Waals surface area contributed by atoms with Crippen LogP contribution in [-0.2, 0) is 0 Å². The molecule has 37 heavy (non-hydrogen) atoms. The van der Waals surface area contributed by atoms with Crippen LogP contribution in [0.2, 0.25) is 0 Å². The van der Waals surface area contributed by atoms with E-state index in [-0.39, 0.29) is 12.5 Å². The Bertz CT molecular complexity index is 1190. The molecule has 0 bridgehead atoms. The maximum atomic E-state index is 14.9. The fraction of sp³-hybridized carbons (Fsp3) is 0.367. The van der Waals surface area contributed by atoms with Crippen LogP contribution in [0.1, 0.15) is 79.3 Å². The second kappa shape index (κ2) is 11.8. The maximum absolute atomic E-state index is 14.9. The van der Waals surface area contributed by atoms with Crippen LogP contribution in [0.5, 0.6) is 11.5 Å². The third-order valence-corrected chi connectivity index (χ3v) is 7.11. The van der Waals surface area contributed by atoms with Crippen molar-refractivity contribution in [2.75, 3.05) is 6.61 Å². The van der Waals surface area contributed by atoms with E-state index in [1.165, 1.54) is 5.56 Å². The van der Waals surface area contributed by atoms with Gasteiger partial charge in [0.2, 0.25) is 0 Å². The number of hydrogen-bond donors (Lipinski definition) is 0. The lowest BCUT2D eigenvalue weighted by atomic mass is 9.75. The largest absolute Gasteiger partial charge is 0.488 e. The van der Waals surface area contributed by atoms with Crippen molar-refractivity contribution in [1.29, 1.82) is 0 Å². The molecule has 4 rings (SSSR count). The van der Waals surface area contributed by atoms with E-state index in [9.17, 15) is 22.4 Å². The Morgan fingerprint density at radius 3 is 2.05 bits per heavy atom. The van der Waals surface area contributed by atoms with Gasteiger partial charge in [-0.05, 0) is 80.0 Å². The molecule has 196 valence electrons. The fourth-order valence-corrected chi connectivity index (χ4v) is 5.21. The molecule has 7 heteroatoms. The van der Waals surface area contributed by atoms with Crippen molar-refractivity contribution in [1.82, 2.24) is 0 Å². The Morgan fingerprint density at radius 2 is 1.49 bits per heavy atom. The highest BCUT2D eigenvalue weighted by atomic mass is 19.1. The first-order valence-electron chi connectivity index (χ1n) is 12.6. The van der Waals surface area contributed by atoms with Crippen molar-refractivity contribution >= 4 is 5.97 Å². The third-order valence-electron chi connectivity index (χ3n) is 7.11. The molecular formula is C30H30F4O3. The van der Waals surface area contributed by atoms with Crippen molar-refractivity contribution in [3.8, 4) is 11.5 Å². The molecule has 1 saturated carbocycles. The predicted molar refractivity (Wildman–Crippen MR) is 133 cm³/mol. The fourth-order valence-electron chi connectivity index (χ4n) is 5.21. The summed E-state index contributed by atoms with van der Waals surface area (Å²) in [7, 11) is 0. The molecule has 0 amide bonds. The molecule has 0 saturated heterocycles. The molecule has 0 radical (unpaired) electrons. The van der Waals surface area contributed by atoms with Crippen LogP contribution < -0.4 is 9.47 Å². The number of carbonyl (C=O) groups excluding carboxylic acids is 1. The topological polar surface area (TPSA) is 35.5 Å². The lowest BCUT2D eigenvalue weighted by Crippen LogP contribution is -2.17. The number of esters is 1. The summed E-state index contributed by atoms with van der Waals surface area (Å²) in [5.74, 6) is -5.83. The monoisotopic (exact) mass is 514 g/mol. The van der Waals surface area contributed by atoms with Crippen molar-refractivity contribution in [2.45, 2.75) is 57.8 Å². The first kappa shape index (κ1) is 26.7. The van der Waals surface area contributed by atoms with Crippen molar-refractivity contribution in [3.05, 3.63) is 94.6 Å². The Hall–Kier alpha value is -3.35. The second-order valence-electron chi connectivity index (χ2n) is 9.66. The molecule has 1 fully saturated rings. The van der Waals surface area contributed by atoms with Crippen LogP contribution in [0.15, 0.2) is 54.6 Å². The molecule has 1 aliphatic carbocycles. The molecule has 3 nitrogen and oxygen atoms in total. The standard InChI is InChI=1S/C30H30F4O3/c1-3-36-29-26(33)16-23(17-27(29)34)37-30(35)28-24(31)14-22(15-25(28)32)21-11-9-19(10-12-21)13-18(2)20-7-5-4-6-8-20/h4-8,14-19,21H,3,9-13H2,1-2H3/t18-,19?,21?/m0/s1. The number of rotatable bonds is 8. The molecule has 1 atom stereocenters. The number of ether oxygens (including phenoxy) is 2. The zero-order valence-electron chi connectivity index (χ0n) is 20.9. The van der Waals surface area contributed by atoms with Crippen molar-refractivity contribution in [2.24, 2.45) is 5.92 Å². The van der Waals surface area contributed by atoms with Gasteiger partial charge in [-0.2, -0.15) is 0 Å². The van der Waals surface area contributed by atoms with Gasteiger partial charge in [0.05, 0.1) is 6.61 Å². The van der Waals surface area contributed by atoms with Gasteiger partial charge in [0, 0.05) is 12.1 Å². The third kappa shape index (κ3) is 6.32. The molecule has 3 aromatic rings. The Morgan fingerprint density at radius 1 is 0.892 bits per heavy atom. The molecule has 1 aliphatic rings. The van der Waals surface area contributed by atoms with E-state index >= 15 is 0 Å². The summed E-state index contributed by atoms with van der Waals surface area (Å²) in [6.45, 7) is 3.81. The predicted octanol–water partition coefficient (Wildman–Crippen LogP) is 8.33. The normalized spacial score (nSPS) is 18.3. The smallest absolute Gasteiger partial charge is 0.349 e. The lowest BCUT2D eigenvalue weighted by Gasteiger charge is -2.30. The highest BCUT2D eigenvalue weighted by molar-refractivity contribution is 5.91. The molecular weight excluding hydrogens is 484 g/mol. The first-order valence-corrected chi connectivity index (χ1v) is 12.6. The summed E-state index contributed by atoms with van der Waals surface area (Å²) in [5.41, 5.74) is 0.912. The quantitative estimate of drug-likeness (QED) is 0.172. The van der Waals surface area contributed by atoms with Crippen molar-refractivity contribution < 1.29 is 31.8 Å². The minimum atomic E-state index is -1.37. The molecule has 0 spiro atoms. The first-order chi connectivity index (χ1) is 17.8. The number of carbonyl (C=O) groups is 1. The van der Waals surface area contributed by atoms with Crippen LogP contribution in [-0.4, -0.2) is 12.6 Å². The zero-order valence-corrected chi connectivity index (χ0v) is 20.9. The van der Waals surface area contributed by atoms with Crippen molar-refractivity contribution in [3.63, 3.8) is 0 Å². The van der Waals surface area contributed by atoms with Gasteiger partial charge in [-0.25, -0.2) is 22.4 Å². The van der Waals surface area contributed by atoms with E-state index in [1.807, 2.05) is 18.2 Å². The van der Waals surface area contributed by atoms with E-state index in [4.69, 9.17) is 9.47 Å². The Labute approximate surface area is 214 Å². The van der Waals surface area contributed by atoms with Crippen LogP contribution >= 0.6 is 0 Å². The van der Waals surface area contributed by atoms with Crippen LogP contribution in [0.4, 0.5) is 17.6 Å². The van der Waals surface area contributed by atoms with Gasteiger partial charge in [0.1, 0.15) is 22.9 Å². The van der Waals surface area contributed by atoms with Gasteiger partial charge < -0.3 is 9.47 Å². The summed E-state index contributed by atoms with van der Waals surface area (Å²) in [4.78, 5) is 12.5. The van der Waals surface area contributed by atoms with E-state index in [0.29, 0.717) is 17.4 Å². The summed E-state index contributed by atoms with van der Waals surface area (Å²) in [5, 5.41) is 0. The molecule has 3 aromatic carbocycles. The van der Waals surface area contributed by atoms with E-state index in [0.717, 1.165) is 56.4 Å². The molecule has 0 unspecified atom stereocenters. The number of halogens is 4. The van der Waals surface area contributed by atoms with Gasteiger partial charge in [0.15, 0.2) is 17.4 Å². The van der Waals surface area contributed by atoms with Gasteiger partial charge in [-0.15, -0.1) is 0 Å². The average Bonchev–Trinajstić information content (AvgIpc) is 2.86. The molecule has 0 N–H and O–H groups in total. The van der Waals surface area contributed by atoms with Gasteiger partial charge in [-0.1, -0.05) is 37.3 Å². The summed E-state index contributed by atoms with van der Waals surface area (Å²) < 4.78 is 67.6. The average molecular weight is 515 g/mol.